The van der Waals surface area contributed by atoms with Gasteiger partial charge in [-0.05, 0) is 74.1 Å². The van der Waals surface area contributed by atoms with Crippen molar-refractivity contribution >= 4 is 50.8 Å². The fraction of sp³-hybridized carbons (Fsp3) is 0.0250. The minimum Gasteiger partial charge on any atom is -0.278 e. The number of fused-ring (bicyclic) bond motifs is 10. The summed E-state index contributed by atoms with van der Waals surface area (Å²) in [6.45, 7) is 0. The number of nitrogens with zero attached hydrogens (tertiary/aromatic N) is 4. The minimum absolute atomic E-state index is 0.450. The van der Waals surface area contributed by atoms with E-state index in [-0.39, 0.29) is 0 Å². The maximum absolute atomic E-state index is 5.22. The van der Waals surface area contributed by atoms with Crippen molar-refractivity contribution in [3.63, 3.8) is 0 Å². The summed E-state index contributed by atoms with van der Waals surface area (Å²) in [5.74, 6) is 1.89. The molecule has 0 radical (unpaired) electrons. The highest BCUT2D eigenvalue weighted by atomic mass is 32.1. The Morgan fingerprint density at radius 1 is 0.457 bits per heavy atom. The molecule has 0 saturated carbocycles. The van der Waals surface area contributed by atoms with E-state index in [0.717, 1.165) is 22.5 Å². The van der Waals surface area contributed by atoms with E-state index in [9.17, 15) is 0 Å². The number of anilines is 3. The summed E-state index contributed by atoms with van der Waals surface area (Å²) in [6.07, 6.45) is 0. The molecule has 4 nitrogen and oxygen atoms in total. The van der Waals surface area contributed by atoms with E-state index in [2.05, 4.69) is 113 Å². The SMILES string of the molecule is c1ccc(-c2nc(-c3ccccc3)nc(N3c4ccccc4C4(c5cc6ccccc6cc53)c3ccsc3-c3sccc34)n2)cc1. The van der Waals surface area contributed by atoms with E-state index in [4.69, 9.17) is 15.0 Å². The first-order valence-electron chi connectivity index (χ1n) is 15.3. The normalized spacial score (nSPS) is 13.8. The summed E-state index contributed by atoms with van der Waals surface area (Å²) in [6, 6.07) is 47.2. The van der Waals surface area contributed by atoms with Gasteiger partial charge in [0.05, 0.1) is 16.8 Å². The van der Waals surface area contributed by atoms with Crippen LogP contribution in [0.4, 0.5) is 17.3 Å². The lowest BCUT2D eigenvalue weighted by Crippen LogP contribution is -2.36. The van der Waals surface area contributed by atoms with Gasteiger partial charge in [0.15, 0.2) is 11.6 Å². The van der Waals surface area contributed by atoms with Crippen LogP contribution in [0.1, 0.15) is 22.3 Å². The molecule has 5 aromatic carbocycles. The maximum atomic E-state index is 5.22. The van der Waals surface area contributed by atoms with Crippen LogP contribution in [-0.2, 0) is 5.41 Å². The van der Waals surface area contributed by atoms with Crippen LogP contribution in [0.25, 0.3) is 43.3 Å². The van der Waals surface area contributed by atoms with Gasteiger partial charge < -0.3 is 0 Å². The Morgan fingerprint density at radius 3 is 1.63 bits per heavy atom. The predicted octanol–water partition coefficient (Wildman–Crippen LogP) is 10.6. The number of hydrogen-bond donors (Lipinski definition) is 0. The summed E-state index contributed by atoms with van der Waals surface area (Å²) in [7, 11) is 0. The van der Waals surface area contributed by atoms with Crippen molar-refractivity contribution in [3.8, 4) is 32.5 Å². The molecule has 0 N–H and O–H groups in total. The third-order valence-electron chi connectivity index (χ3n) is 9.29. The Labute approximate surface area is 274 Å². The molecular weight excluding hydrogens is 601 g/mol. The van der Waals surface area contributed by atoms with E-state index < -0.39 is 5.41 Å². The molecule has 4 heterocycles. The zero-order valence-electron chi connectivity index (χ0n) is 24.5. The highest BCUT2D eigenvalue weighted by Crippen LogP contribution is 2.65. The number of para-hydroxylation sites is 1. The molecule has 1 aliphatic heterocycles. The van der Waals surface area contributed by atoms with Crippen LogP contribution < -0.4 is 4.90 Å². The molecule has 1 aliphatic carbocycles. The van der Waals surface area contributed by atoms with Gasteiger partial charge in [-0.3, -0.25) is 4.90 Å². The van der Waals surface area contributed by atoms with Crippen LogP contribution in [0.5, 0.6) is 0 Å². The first-order valence-corrected chi connectivity index (χ1v) is 17.0. The molecule has 0 amide bonds. The zero-order valence-corrected chi connectivity index (χ0v) is 26.1. The first kappa shape index (κ1) is 25.9. The van der Waals surface area contributed by atoms with Gasteiger partial charge in [0, 0.05) is 20.9 Å². The summed E-state index contributed by atoms with van der Waals surface area (Å²) in [5, 5.41) is 6.88. The molecule has 216 valence electrons. The number of aromatic nitrogens is 3. The van der Waals surface area contributed by atoms with Crippen molar-refractivity contribution in [2.24, 2.45) is 0 Å². The monoisotopic (exact) mass is 624 g/mol. The lowest BCUT2D eigenvalue weighted by atomic mass is 9.65. The van der Waals surface area contributed by atoms with Gasteiger partial charge in [0.25, 0.3) is 0 Å². The lowest BCUT2D eigenvalue weighted by Gasteiger charge is -2.43. The van der Waals surface area contributed by atoms with Gasteiger partial charge in [-0.25, -0.2) is 4.98 Å². The molecule has 1 spiro atoms. The smallest absolute Gasteiger partial charge is 0.238 e. The Morgan fingerprint density at radius 2 is 1.00 bits per heavy atom. The molecule has 46 heavy (non-hydrogen) atoms. The summed E-state index contributed by atoms with van der Waals surface area (Å²) < 4.78 is 0. The van der Waals surface area contributed by atoms with E-state index in [1.807, 2.05) is 59.1 Å². The molecule has 6 heteroatoms. The second-order valence-electron chi connectivity index (χ2n) is 11.7. The van der Waals surface area contributed by atoms with Crippen molar-refractivity contribution < 1.29 is 0 Å². The minimum atomic E-state index is -0.450. The average Bonchev–Trinajstić information content (AvgIpc) is 3.85. The van der Waals surface area contributed by atoms with Crippen LogP contribution in [0.2, 0.25) is 0 Å². The Balaban J connectivity index is 1.33. The second kappa shape index (κ2) is 9.78. The van der Waals surface area contributed by atoms with Gasteiger partial charge in [0.1, 0.15) is 0 Å². The van der Waals surface area contributed by atoms with Crippen LogP contribution >= 0.6 is 22.7 Å². The molecular formula is C40H24N4S2. The fourth-order valence-corrected chi connectivity index (χ4v) is 9.47. The van der Waals surface area contributed by atoms with E-state index in [0.29, 0.717) is 17.6 Å². The van der Waals surface area contributed by atoms with E-state index >= 15 is 0 Å². The third kappa shape index (κ3) is 3.51. The maximum Gasteiger partial charge on any atom is 0.238 e. The highest BCUT2D eigenvalue weighted by Gasteiger charge is 2.53. The largest absolute Gasteiger partial charge is 0.278 e. The van der Waals surface area contributed by atoms with Crippen molar-refractivity contribution in [2.45, 2.75) is 5.41 Å². The number of rotatable bonds is 3. The number of benzene rings is 5. The van der Waals surface area contributed by atoms with Gasteiger partial charge >= 0.3 is 0 Å². The number of thiophene rings is 2. The van der Waals surface area contributed by atoms with E-state index in [1.54, 1.807) is 0 Å². The predicted molar refractivity (Wildman–Crippen MR) is 190 cm³/mol. The Hall–Kier alpha value is -5.43. The standard InChI is InChI=1S/C40H24N4S2/c1-3-11-25(12-4-1)37-41-38(26-13-5-2-6-14-26)43-39(42-37)44-33-18-10-9-17-29(33)40(30-19-21-45-35(30)36-31(40)20-22-46-36)32-23-27-15-7-8-16-28(27)24-34(32)44/h1-24H. The van der Waals surface area contributed by atoms with E-state index in [1.165, 1.54) is 42.8 Å². The molecule has 0 atom stereocenters. The Kier molecular flexibility index (Phi) is 5.50. The van der Waals surface area contributed by atoms with Crippen molar-refractivity contribution in [3.05, 3.63) is 166 Å². The van der Waals surface area contributed by atoms with Crippen LogP contribution in [-0.4, -0.2) is 15.0 Å². The van der Waals surface area contributed by atoms with Crippen LogP contribution in [0.3, 0.4) is 0 Å². The quantitative estimate of drug-likeness (QED) is 0.196. The zero-order chi connectivity index (χ0) is 30.2. The second-order valence-corrected chi connectivity index (χ2v) is 13.5. The summed E-state index contributed by atoms with van der Waals surface area (Å²) >= 11 is 3.68. The molecule has 0 unspecified atom stereocenters. The molecule has 0 fully saturated rings. The van der Waals surface area contributed by atoms with Gasteiger partial charge in [0.2, 0.25) is 5.95 Å². The molecule has 0 saturated heterocycles. The van der Waals surface area contributed by atoms with Crippen molar-refractivity contribution in [1.82, 2.24) is 15.0 Å². The van der Waals surface area contributed by atoms with Gasteiger partial charge in [-0.2, -0.15) is 9.97 Å². The highest BCUT2D eigenvalue weighted by molar-refractivity contribution is 7.21. The molecule has 3 aromatic heterocycles. The first-order chi connectivity index (χ1) is 22.8. The van der Waals surface area contributed by atoms with Gasteiger partial charge in [-0.15, -0.1) is 22.7 Å². The van der Waals surface area contributed by atoms with Crippen LogP contribution in [0, 0.1) is 0 Å². The average molecular weight is 625 g/mol. The van der Waals surface area contributed by atoms with Crippen molar-refractivity contribution in [1.29, 1.82) is 0 Å². The molecule has 10 rings (SSSR count). The molecule has 0 bridgehead atoms. The number of hydrogen-bond acceptors (Lipinski definition) is 6. The van der Waals surface area contributed by atoms with Crippen molar-refractivity contribution in [2.75, 3.05) is 4.90 Å². The molecule has 2 aliphatic rings. The topological polar surface area (TPSA) is 41.9 Å². The summed E-state index contributed by atoms with van der Waals surface area (Å²) in [4.78, 5) is 20.4. The Bertz CT molecular complexity index is 2350. The lowest BCUT2D eigenvalue weighted by molar-refractivity contribution is 0.754. The third-order valence-corrected chi connectivity index (χ3v) is 11.3. The summed E-state index contributed by atoms with van der Waals surface area (Å²) in [5.41, 5.74) is 8.79. The van der Waals surface area contributed by atoms with Gasteiger partial charge in [-0.1, -0.05) is 103 Å². The van der Waals surface area contributed by atoms with Crippen LogP contribution in [0.15, 0.2) is 144 Å². The fourth-order valence-electron chi connectivity index (χ4n) is 7.37. The molecule has 8 aromatic rings.